The molecule has 2 aliphatic rings. The van der Waals surface area contributed by atoms with Gasteiger partial charge in [-0.3, -0.25) is 4.79 Å². The molecular weight excluding hydrogens is 270 g/mol. The van der Waals surface area contributed by atoms with E-state index < -0.39 is 5.41 Å². The van der Waals surface area contributed by atoms with Crippen molar-refractivity contribution in [2.24, 2.45) is 16.3 Å². The van der Waals surface area contributed by atoms with Gasteiger partial charge in [-0.25, -0.2) is 0 Å². The van der Waals surface area contributed by atoms with Gasteiger partial charge in [-0.15, -0.1) is 0 Å². The molecule has 2 bridgehead atoms. The quantitative estimate of drug-likeness (QED) is 0.338. The zero-order valence-corrected chi connectivity index (χ0v) is 13.0. The molecule has 0 aromatic carbocycles. The minimum atomic E-state index is -0.866. The topological polar surface area (TPSA) is 88.2 Å². The van der Waals surface area contributed by atoms with Crippen LogP contribution in [0.25, 0.3) is 0 Å². The van der Waals surface area contributed by atoms with Gasteiger partial charge in [0.2, 0.25) is 5.91 Å². The summed E-state index contributed by atoms with van der Waals surface area (Å²) >= 11 is 0. The summed E-state index contributed by atoms with van der Waals surface area (Å²) in [4.78, 5) is 15.0. The van der Waals surface area contributed by atoms with Crippen molar-refractivity contribution in [3.05, 3.63) is 0 Å². The maximum Gasteiger partial charge on any atom is 0.236 e. The lowest BCUT2D eigenvalue weighted by molar-refractivity contribution is -0.148. The van der Waals surface area contributed by atoms with E-state index in [1.54, 1.807) is 0 Å². The Kier molecular flexibility index (Phi) is 5.08. The highest BCUT2D eigenvalue weighted by Gasteiger charge is 2.47. The Labute approximate surface area is 126 Å². The summed E-state index contributed by atoms with van der Waals surface area (Å²) in [6.45, 7) is 5.29. The number of fused-ring (bicyclic) bond motifs is 2. The summed E-state index contributed by atoms with van der Waals surface area (Å²) < 4.78 is 5.79. The molecule has 2 aliphatic heterocycles. The van der Waals surface area contributed by atoms with Crippen molar-refractivity contribution in [3.63, 3.8) is 0 Å². The van der Waals surface area contributed by atoms with Crippen molar-refractivity contribution < 1.29 is 14.7 Å². The third kappa shape index (κ3) is 3.00. The van der Waals surface area contributed by atoms with Crippen LogP contribution in [0.2, 0.25) is 0 Å². The zero-order valence-electron chi connectivity index (χ0n) is 13.0. The van der Waals surface area contributed by atoms with Gasteiger partial charge in [0.15, 0.2) is 5.84 Å². The standard InChI is InChI=1S/C15H27N3O3/c1-3-7-15(8-4-2,13(16)17-20)14(19)18-9-11-5-6-12(10-18)21-11/h11-12,20H,3-10H2,1-2H3,(H2,16,17). The Morgan fingerprint density at radius 1 is 1.29 bits per heavy atom. The number of rotatable bonds is 6. The van der Waals surface area contributed by atoms with E-state index >= 15 is 0 Å². The van der Waals surface area contributed by atoms with Crippen LogP contribution in [0.15, 0.2) is 5.16 Å². The van der Waals surface area contributed by atoms with Gasteiger partial charge in [-0.05, 0) is 25.7 Å². The summed E-state index contributed by atoms with van der Waals surface area (Å²) in [6.07, 6.45) is 5.21. The highest BCUT2D eigenvalue weighted by molar-refractivity contribution is 6.06. The molecule has 0 aromatic rings. The van der Waals surface area contributed by atoms with Crippen molar-refractivity contribution in [2.75, 3.05) is 13.1 Å². The smallest absolute Gasteiger partial charge is 0.236 e. The molecule has 6 heteroatoms. The average molecular weight is 297 g/mol. The molecule has 0 aliphatic carbocycles. The van der Waals surface area contributed by atoms with Crippen LogP contribution in [0, 0.1) is 5.41 Å². The number of carbonyl (C=O) groups is 1. The molecule has 0 spiro atoms. The van der Waals surface area contributed by atoms with Crippen molar-refractivity contribution >= 4 is 11.7 Å². The van der Waals surface area contributed by atoms with Gasteiger partial charge in [0.25, 0.3) is 0 Å². The Bertz CT molecular complexity index is 393. The van der Waals surface area contributed by atoms with Crippen LogP contribution in [0.1, 0.15) is 52.4 Å². The largest absolute Gasteiger partial charge is 0.409 e. The van der Waals surface area contributed by atoms with E-state index in [0.29, 0.717) is 25.9 Å². The molecule has 2 rings (SSSR count). The number of oxime groups is 1. The molecular formula is C15H27N3O3. The van der Waals surface area contributed by atoms with Gasteiger partial charge >= 0.3 is 0 Å². The molecule has 2 unspecified atom stereocenters. The minimum Gasteiger partial charge on any atom is -0.409 e. The number of amidine groups is 1. The lowest BCUT2D eigenvalue weighted by Crippen LogP contribution is -2.56. The van der Waals surface area contributed by atoms with Gasteiger partial charge in [0.05, 0.1) is 12.2 Å². The molecule has 0 aromatic heterocycles. The summed E-state index contributed by atoms with van der Waals surface area (Å²) in [7, 11) is 0. The van der Waals surface area contributed by atoms with Gasteiger partial charge in [-0.1, -0.05) is 31.8 Å². The van der Waals surface area contributed by atoms with Gasteiger partial charge in [0, 0.05) is 13.1 Å². The second-order valence-electron chi connectivity index (χ2n) is 6.23. The van der Waals surface area contributed by atoms with Crippen LogP contribution in [-0.4, -0.2) is 47.1 Å². The summed E-state index contributed by atoms with van der Waals surface area (Å²) in [5, 5.41) is 12.3. The number of hydrogen-bond donors (Lipinski definition) is 2. The van der Waals surface area contributed by atoms with Gasteiger partial charge < -0.3 is 20.6 Å². The Balaban J connectivity index is 2.24. The first-order valence-corrected chi connectivity index (χ1v) is 8.00. The third-order valence-corrected chi connectivity index (χ3v) is 4.69. The summed E-state index contributed by atoms with van der Waals surface area (Å²) in [5.41, 5.74) is 5.07. The fourth-order valence-corrected chi connectivity index (χ4v) is 3.74. The number of nitrogens with two attached hydrogens (primary N) is 1. The number of carbonyl (C=O) groups excluding carboxylic acids is 1. The highest BCUT2D eigenvalue weighted by atomic mass is 16.5. The predicted octanol–water partition coefficient (Wildman–Crippen LogP) is 1.71. The van der Waals surface area contributed by atoms with Crippen LogP contribution in [-0.2, 0) is 9.53 Å². The average Bonchev–Trinajstić information content (AvgIpc) is 2.83. The first-order chi connectivity index (χ1) is 10.1. The van der Waals surface area contributed by atoms with E-state index in [1.165, 1.54) is 0 Å². The SMILES string of the molecule is CCCC(CCC)(C(=O)N1CC2CCC(C1)O2)C(N)=NO. The first-order valence-electron chi connectivity index (χ1n) is 8.00. The molecule has 2 saturated heterocycles. The van der Waals surface area contributed by atoms with E-state index in [4.69, 9.17) is 15.7 Å². The molecule has 0 radical (unpaired) electrons. The van der Waals surface area contributed by atoms with Gasteiger partial charge in [0.1, 0.15) is 5.41 Å². The normalized spacial score (nSPS) is 26.2. The second-order valence-corrected chi connectivity index (χ2v) is 6.23. The predicted molar refractivity (Wildman–Crippen MR) is 80.1 cm³/mol. The Morgan fingerprint density at radius 2 is 1.81 bits per heavy atom. The van der Waals surface area contributed by atoms with E-state index in [9.17, 15) is 4.79 Å². The number of morpholine rings is 1. The number of likely N-dealkylation sites (tertiary alicyclic amines) is 1. The van der Waals surface area contributed by atoms with E-state index in [1.807, 2.05) is 18.7 Å². The van der Waals surface area contributed by atoms with Gasteiger partial charge in [-0.2, -0.15) is 0 Å². The minimum absolute atomic E-state index is 0.00157. The lowest BCUT2D eigenvalue weighted by atomic mass is 9.76. The van der Waals surface area contributed by atoms with E-state index in [0.717, 1.165) is 25.7 Å². The van der Waals surface area contributed by atoms with Crippen molar-refractivity contribution in [3.8, 4) is 0 Å². The zero-order chi connectivity index (χ0) is 15.5. The van der Waals surface area contributed by atoms with E-state index in [-0.39, 0.29) is 24.0 Å². The van der Waals surface area contributed by atoms with Crippen LogP contribution >= 0.6 is 0 Å². The Morgan fingerprint density at radius 3 is 2.24 bits per heavy atom. The molecule has 2 fully saturated rings. The molecule has 6 nitrogen and oxygen atoms in total. The molecule has 120 valence electrons. The molecule has 2 heterocycles. The lowest BCUT2D eigenvalue weighted by Gasteiger charge is -2.40. The maximum absolute atomic E-state index is 13.1. The van der Waals surface area contributed by atoms with Crippen molar-refractivity contribution in [2.45, 2.75) is 64.6 Å². The van der Waals surface area contributed by atoms with Crippen LogP contribution in [0.3, 0.4) is 0 Å². The summed E-state index contributed by atoms with van der Waals surface area (Å²) in [5.74, 6) is 0.0525. The van der Waals surface area contributed by atoms with Crippen LogP contribution in [0.4, 0.5) is 0 Å². The number of ether oxygens (including phenoxy) is 1. The molecule has 21 heavy (non-hydrogen) atoms. The second kappa shape index (κ2) is 6.64. The van der Waals surface area contributed by atoms with Crippen LogP contribution < -0.4 is 5.73 Å². The van der Waals surface area contributed by atoms with Crippen molar-refractivity contribution in [1.29, 1.82) is 0 Å². The highest BCUT2D eigenvalue weighted by Crippen LogP contribution is 2.35. The Hall–Kier alpha value is -1.30. The molecule has 0 saturated carbocycles. The fraction of sp³-hybridized carbons (Fsp3) is 0.867. The monoisotopic (exact) mass is 297 g/mol. The molecule has 1 amide bonds. The molecule has 3 N–H and O–H groups in total. The first kappa shape index (κ1) is 16.1. The van der Waals surface area contributed by atoms with Crippen LogP contribution in [0.5, 0.6) is 0 Å². The third-order valence-electron chi connectivity index (χ3n) is 4.69. The van der Waals surface area contributed by atoms with Crippen molar-refractivity contribution in [1.82, 2.24) is 4.90 Å². The molecule has 2 atom stereocenters. The van der Waals surface area contributed by atoms with E-state index in [2.05, 4.69) is 5.16 Å². The fourth-order valence-electron chi connectivity index (χ4n) is 3.74. The number of amides is 1. The maximum atomic E-state index is 13.1. The number of nitrogens with zero attached hydrogens (tertiary/aromatic N) is 2. The summed E-state index contributed by atoms with van der Waals surface area (Å²) in [6, 6.07) is 0. The number of hydrogen-bond acceptors (Lipinski definition) is 4.